The van der Waals surface area contributed by atoms with Crippen molar-refractivity contribution in [2.75, 3.05) is 0 Å². The van der Waals surface area contributed by atoms with Crippen molar-refractivity contribution in [2.45, 2.75) is 160 Å². The second-order valence-corrected chi connectivity index (χ2v) is 12.8. The summed E-state index contributed by atoms with van der Waals surface area (Å²) in [6.07, 6.45) is 28.7. The Labute approximate surface area is 263 Å². The van der Waals surface area contributed by atoms with Crippen LogP contribution in [0.5, 0.6) is 0 Å². The van der Waals surface area contributed by atoms with Crippen molar-refractivity contribution in [1.29, 1.82) is 0 Å². The van der Waals surface area contributed by atoms with Crippen LogP contribution in [0, 0.1) is 0 Å². The van der Waals surface area contributed by atoms with E-state index in [4.69, 9.17) is 0 Å². The van der Waals surface area contributed by atoms with E-state index < -0.39 is 10.1 Å². The van der Waals surface area contributed by atoms with Crippen molar-refractivity contribution in [3.05, 3.63) is 41.5 Å². The average Bonchev–Trinajstić information content (AvgIpc) is 2.90. The van der Waals surface area contributed by atoms with E-state index in [9.17, 15) is 13.0 Å². The Bertz CT molecular complexity index is 1000. The van der Waals surface area contributed by atoms with Gasteiger partial charge in [0.2, 0.25) is 0 Å². The third kappa shape index (κ3) is 15.4. The Morgan fingerprint density at radius 1 is 0.564 bits per heavy atom. The van der Waals surface area contributed by atoms with E-state index in [-0.39, 0.29) is 34.5 Å². The SMILES string of the molecule is CCCCCCCCCCCCc1ccc2cc(S(=O)(=O)[O-])ccc2c1CCCCCCCCCCCC.[Na+]. The van der Waals surface area contributed by atoms with Crippen molar-refractivity contribution in [3.63, 3.8) is 0 Å². The normalized spacial score (nSPS) is 11.7. The molecular formula is C34H55NaO3S. The van der Waals surface area contributed by atoms with Crippen LogP contribution < -0.4 is 29.6 Å². The van der Waals surface area contributed by atoms with Crippen LogP contribution >= 0.6 is 0 Å². The van der Waals surface area contributed by atoms with Gasteiger partial charge in [0.15, 0.2) is 0 Å². The molecule has 0 amide bonds. The van der Waals surface area contributed by atoms with Crippen molar-refractivity contribution in [3.8, 4) is 0 Å². The molecule has 2 aromatic rings. The minimum Gasteiger partial charge on any atom is -0.744 e. The molecule has 0 saturated carbocycles. The molecule has 0 aliphatic carbocycles. The van der Waals surface area contributed by atoms with Crippen molar-refractivity contribution < 1.29 is 42.5 Å². The summed E-state index contributed by atoms with van der Waals surface area (Å²) in [5, 5.41) is 1.99. The molecule has 0 unspecified atom stereocenters. The molecule has 216 valence electrons. The van der Waals surface area contributed by atoms with E-state index in [1.165, 1.54) is 146 Å². The van der Waals surface area contributed by atoms with E-state index in [1.54, 1.807) is 6.07 Å². The van der Waals surface area contributed by atoms with Crippen molar-refractivity contribution in [2.24, 2.45) is 0 Å². The molecule has 0 saturated heterocycles. The van der Waals surface area contributed by atoms with Crippen LogP contribution in [0.1, 0.15) is 153 Å². The fourth-order valence-corrected chi connectivity index (χ4v) is 6.20. The third-order valence-electron chi connectivity index (χ3n) is 8.07. The quantitative estimate of drug-likeness (QED) is 0.0788. The first kappa shape index (κ1) is 36.6. The smallest absolute Gasteiger partial charge is 0.744 e. The van der Waals surface area contributed by atoms with Crippen LogP contribution in [0.25, 0.3) is 10.8 Å². The van der Waals surface area contributed by atoms with Gasteiger partial charge in [0.1, 0.15) is 10.1 Å². The molecule has 0 spiro atoms. The summed E-state index contributed by atoms with van der Waals surface area (Å²) in [5.74, 6) is 0. The summed E-state index contributed by atoms with van der Waals surface area (Å²) in [7, 11) is -4.44. The monoisotopic (exact) mass is 566 g/mol. The number of aryl methyl sites for hydroxylation is 2. The zero-order valence-corrected chi connectivity index (χ0v) is 28.4. The van der Waals surface area contributed by atoms with Crippen LogP contribution in [0.2, 0.25) is 0 Å². The Kier molecular flexibility index (Phi) is 20.9. The molecule has 0 bridgehead atoms. The Hall–Kier alpha value is -0.390. The number of unbranched alkanes of at least 4 members (excludes halogenated alkanes) is 18. The largest absolute Gasteiger partial charge is 1.00 e. The summed E-state index contributed by atoms with van der Waals surface area (Å²) in [6, 6.07) is 9.12. The minimum absolute atomic E-state index is 0. The third-order valence-corrected chi connectivity index (χ3v) is 8.90. The van der Waals surface area contributed by atoms with Gasteiger partial charge >= 0.3 is 29.6 Å². The summed E-state index contributed by atoms with van der Waals surface area (Å²) < 4.78 is 34.7. The van der Waals surface area contributed by atoms with E-state index >= 15 is 0 Å². The number of rotatable bonds is 23. The van der Waals surface area contributed by atoms with Crippen LogP contribution in [-0.2, 0) is 23.0 Å². The molecule has 0 fully saturated rings. The molecule has 0 aliphatic rings. The van der Waals surface area contributed by atoms with E-state index in [1.807, 2.05) is 12.1 Å². The van der Waals surface area contributed by atoms with Gasteiger partial charge < -0.3 is 4.55 Å². The fourth-order valence-electron chi connectivity index (χ4n) is 5.69. The standard InChI is InChI=1S/C34H56O3S.Na/c1-3-5-7-9-11-13-15-17-19-21-23-30-25-26-31-29-32(38(35,36)37)27-28-34(31)33(30)24-22-20-18-16-14-12-10-8-6-4-2;/h25-29H,3-24H2,1-2H3,(H,35,36,37);/q;+1/p-1. The summed E-state index contributed by atoms with van der Waals surface area (Å²) >= 11 is 0. The van der Waals surface area contributed by atoms with Gasteiger partial charge in [-0.2, -0.15) is 0 Å². The van der Waals surface area contributed by atoms with E-state index in [2.05, 4.69) is 19.9 Å². The minimum atomic E-state index is -4.44. The first-order chi connectivity index (χ1) is 18.5. The molecule has 0 heterocycles. The van der Waals surface area contributed by atoms with Gasteiger partial charge in [-0.25, -0.2) is 8.42 Å². The van der Waals surface area contributed by atoms with Crippen LogP contribution in [0.3, 0.4) is 0 Å². The maximum Gasteiger partial charge on any atom is 1.00 e. The van der Waals surface area contributed by atoms with Gasteiger partial charge in [0.25, 0.3) is 0 Å². The second-order valence-electron chi connectivity index (χ2n) is 11.4. The molecule has 3 nitrogen and oxygen atoms in total. The topological polar surface area (TPSA) is 57.2 Å². The fraction of sp³-hybridized carbons (Fsp3) is 0.706. The molecule has 0 aliphatic heterocycles. The number of benzene rings is 2. The van der Waals surface area contributed by atoms with Gasteiger partial charge in [-0.3, -0.25) is 0 Å². The maximum atomic E-state index is 11.6. The number of fused-ring (bicyclic) bond motifs is 1. The first-order valence-corrected chi connectivity index (χ1v) is 17.4. The number of hydrogen-bond acceptors (Lipinski definition) is 3. The van der Waals surface area contributed by atoms with E-state index in [0.717, 1.165) is 23.6 Å². The van der Waals surface area contributed by atoms with Gasteiger partial charge in [-0.05, 0) is 59.7 Å². The molecule has 5 heteroatoms. The van der Waals surface area contributed by atoms with Crippen LogP contribution in [-0.4, -0.2) is 13.0 Å². The molecule has 0 N–H and O–H groups in total. The Morgan fingerprint density at radius 2 is 1.00 bits per heavy atom. The first-order valence-electron chi connectivity index (χ1n) is 16.0. The van der Waals surface area contributed by atoms with Gasteiger partial charge in [0.05, 0.1) is 4.90 Å². The average molecular weight is 567 g/mol. The van der Waals surface area contributed by atoms with Gasteiger partial charge in [-0.1, -0.05) is 148 Å². The summed E-state index contributed by atoms with van der Waals surface area (Å²) in [6.45, 7) is 4.54. The molecule has 0 atom stereocenters. The van der Waals surface area contributed by atoms with Crippen molar-refractivity contribution in [1.82, 2.24) is 0 Å². The summed E-state index contributed by atoms with van der Waals surface area (Å²) in [4.78, 5) is -0.127. The molecule has 0 aromatic heterocycles. The zero-order chi connectivity index (χ0) is 27.5. The van der Waals surface area contributed by atoms with Gasteiger partial charge in [0, 0.05) is 0 Å². The molecule has 39 heavy (non-hydrogen) atoms. The van der Waals surface area contributed by atoms with Crippen LogP contribution in [0.4, 0.5) is 0 Å². The Balaban J connectivity index is 0.00000760. The zero-order valence-electron chi connectivity index (χ0n) is 25.6. The summed E-state index contributed by atoms with van der Waals surface area (Å²) in [5.41, 5.74) is 2.78. The Morgan fingerprint density at radius 3 is 1.46 bits per heavy atom. The number of hydrogen-bond donors (Lipinski definition) is 0. The van der Waals surface area contributed by atoms with Crippen molar-refractivity contribution >= 4 is 20.9 Å². The molecule has 2 rings (SSSR count). The molecule has 0 radical (unpaired) electrons. The maximum absolute atomic E-state index is 11.6. The molecule has 2 aromatic carbocycles. The predicted octanol–water partition coefficient (Wildman–Crippen LogP) is 7.67. The van der Waals surface area contributed by atoms with Crippen LogP contribution in [0.15, 0.2) is 35.2 Å². The molecular weight excluding hydrogens is 511 g/mol. The van der Waals surface area contributed by atoms with Gasteiger partial charge in [-0.15, -0.1) is 0 Å². The second kappa shape index (κ2) is 22.2. The van der Waals surface area contributed by atoms with E-state index in [0.29, 0.717) is 0 Å². The predicted molar refractivity (Wildman–Crippen MR) is 163 cm³/mol.